The molecule has 0 saturated heterocycles. The van der Waals surface area contributed by atoms with E-state index in [2.05, 4.69) is 0 Å². The number of hydrogen-bond acceptors (Lipinski definition) is 8. The van der Waals surface area contributed by atoms with Crippen molar-refractivity contribution in [3.8, 4) is 5.75 Å². The van der Waals surface area contributed by atoms with Crippen LogP contribution in [0.1, 0.15) is 55.8 Å². The number of Topliss-reactive ketones (excluding diaryl/α,β-unsaturated/α-hetero) is 1. The zero-order valence-corrected chi connectivity index (χ0v) is 23.6. The Bertz CT molecular complexity index is 1000. The van der Waals surface area contributed by atoms with Gasteiger partial charge in [-0.15, -0.1) is 11.8 Å². The van der Waals surface area contributed by atoms with Gasteiger partial charge in [0.1, 0.15) is 5.75 Å². The molecule has 3 unspecified atom stereocenters. The SMILES string of the molecule is CCOC(=O)C(C(SC(C(=O)c1ccc(OC)cc1)c1ccccc1)C(C)C)P(=O)(OCC)OCC. The summed E-state index contributed by atoms with van der Waals surface area (Å²) < 4.78 is 35.7. The van der Waals surface area contributed by atoms with Crippen molar-refractivity contribution < 1.29 is 32.7 Å². The van der Waals surface area contributed by atoms with Crippen molar-refractivity contribution in [2.75, 3.05) is 26.9 Å². The topological polar surface area (TPSA) is 88.1 Å². The molecule has 0 aliphatic carbocycles. The number of carbonyl (C=O) groups excluding carboxylic acids is 2. The Labute approximate surface area is 218 Å². The highest BCUT2D eigenvalue weighted by molar-refractivity contribution is 8.01. The average Bonchev–Trinajstić information content (AvgIpc) is 2.86. The van der Waals surface area contributed by atoms with Crippen LogP contribution in [0.15, 0.2) is 54.6 Å². The Morgan fingerprint density at radius 3 is 1.94 bits per heavy atom. The minimum Gasteiger partial charge on any atom is -0.497 e. The molecular weight excluding hydrogens is 499 g/mol. The molecule has 0 N–H and O–H groups in total. The van der Waals surface area contributed by atoms with Gasteiger partial charge in [-0.2, -0.15) is 0 Å². The van der Waals surface area contributed by atoms with Crippen LogP contribution in [0.3, 0.4) is 0 Å². The maximum Gasteiger partial charge on any atom is 0.346 e. The molecule has 0 radical (unpaired) electrons. The van der Waals surface area contributed by atoms with Crippen molar-refractivity contribution in [2.24, 2.45) is 5.92 Å². The standard InChI is InChI=1S/C27H37O7PS/c1-7-32-27(29)24(35(30,33-8-2)34-9-3)25(19(4)5)36-26(21-13-11-10-12-14-21)23(28)20-15-17-22(31-6)18-16-20/h10-19,24-26H,7-9H2,1-6H3. The Kier molecular flexibility index (Phi) is 12.2. The van der Waals surface area contributed by atoms with Gasteiger partial charge in [-0.25, -0.2) is 0 Å². The number of ketones is 1. The molecule has 0 aliphatic rings. The van der Waals surface area contributed by atoms with Gasteiger partial charge in [0.25, 0.3) is 0 Å². The third-order valence-corrected chi connectivity index (χ3v) is 10.0. The first kappa shape index (κ1) is 30.1. The molecular formula is C27H37O7PS. The van der Waals surface area contributed by atoms with E-state index >= 15 is 0 Å². The van der Waals surface area contributed by atoms with Crippen LogP contribution in [0.4, 0.5) is 0 Å². The van der Waals surface area contributed by atoms with Gasteiger partial charge >= 0.3 is 13.6 Å². The summed E-state index contributed by atoms with van der Waals surface area (Å²) in [6.07, 6.45) is 0. The van der Waals surface area contributed by atoms with Crippen molar-refractivity contribution in [3.63, 3.8) is 0 Å². The summed E-state index contributed by atoms with van der Waals surface area (Å²) in [5.41, 5.74) is 0.0848. The molecule has 0 aliphatic heterocycles. The van der Waals surface area contributed by atoms with E-state index < -0.39 is 29.7 Å². The van der Waals surface area contributed by atoms with Gasteiger partial charge in [0.2, 0.25) is 0 Å². The smallest absolute Gasteiger partial charge is 0.346 e. The van der Waals surface area contributed by atoms with E-state index in [1.807, 2.05) is 44.2 Å². The second kappa shape index (κ2) is 14.6. The molecule has 0 spiro atoms. The van der Waals surface area contributed by atoms with Crippen molar-refractivity contribution in [3.05, 3.63) is 65.7 Å². The zero-order chi connectivity index (χ0) is 26.7. The Morgan fingerprint density at radius 1 is 0.889 bits per heavy atom. The lowest BCUT2D eigenvalue weighted by Crippen LogP contribution is -2.39. The van der Waals surface area contributed by atoms with Gasteiger partial charge in [-0.1, -0.05) is 44.2 Å². The second-order valence-corrected chi connectivity index (χ2v) is 11.7. The fourth-order valence-corrected chi connectivity index (χ4v) is 8.08. The number of benzene rings is 2. The van der Waals surface area contributed by atoms with Gasteiger partial charge in [0, 0.05) is 10.8 Å². The first-order valence-electron chi connectivity index (χ1n) is 12.2. The van der Waals surface area contributed by atoms with Crippen LogP contribution in [0.5, 0.6) is 5.75 Å². The highest BCUT2D eigenvalue weighted by atomic mass is 32.2. The van der Waals surface area contributed by atoms with E-state index in [0.717, 1.165) is 5.56 Å². The summed E-state index contributed by atoms with van der Waals surface area (Å²) in [6, 6.07) is 16.3. The predicted molar refractivity (Wildman–Crippen MR) is 144 cm³/mol. The van der Waals surface area contributed by atoms with E-state index in [1.165, 1.54) is 11.8 Å². The Morgan fingerprint density at radius 2 is 1.47 bits per heavy atom. The van der Waals surface area contributed by atoms with E-state index in [9.17, 15) is 14.2 Å². The lowest BCUT2D eigenvalue weighted by molar-refractivity contribution is -0.143. The van der Waals surface area contributed by atoms with Gasteiger partial charge in [0.15, 0.2) is 11.4 Å². The molecule has 0 saturated carbocycles. The third kappa shape index (κ3) is 7.69. The predicted octanol–water partition coefficient (Wildman–Crippen LogP) is 6.57. The second-order valence-electron chi connectivity index (χ2n) is 8.30. The molecule has 2 rings (SSSR count). The molecule has 0 heterocycles. The summed E-state index contributed by atoms with van der Waals surface area (Å²) in [7, 11) is -2.34. The number of ether oxygens (including phenoxy) is 2. The molecule has 3 atom stereocenters. The summed E-state index contributed by atoms with van der Waals surface area (Å²) in [4.78, 5) is 27.1. The first-order valence-corrected chi connectivity index (χ1v) is 14.7. The molecule has 0 aromatic heterocycles. The quantitative estimate of drug-likeness (QED) is 0.143. The van der Waals surface area contributed by atoms with Crippen molar-refractivity contribution in [1.82, 2.24) is 0 Å². The lowest BCUT2D eigenvalue weighted by atomic mass is 10.0. The summed E-state index contributed by atoms with van der Waals surface area (Å²) in [6.45, 7) is 9.27. The van der Waals surface area contributed by atoms with Crippen LogP contribution in [0.25, 0.3) is 0 Å². The fraction of sp³-hybridized carbons (Fsp3) is 0.481. The normalized spacial score (nSPS) is 14.2. The Balaban J connectivity index is 2.59. The third-order valence-electron chi connectivity index (χ3n) is 5.46. The minimum absolute atomic E-state index is 0.107. The number of esters is 1. The van der Waals surface area contributed by atoms with Gasteiger partial charge in [0.05, 0.1) is 32.2 Å². The van der Waals surface area contributed by atoms with Gasteiger partial charge in [-0.3, -0.25) is 14.2 Å². The van der Waals surface area contributed by atoms with Crippen molar-refractivity contribution in [1.29, 1.82) is 0 Å². The number of thioether (sulfide) groups is 1. The van der Waals surface area contributed by atoms with Crippen LogP contribution in [0.2, 0.25) is 0 Å². The monoisotopic (exact) mass is 536 g/mol. The number of carbonyl (C=O) groups is 2. The lowest BCUT2D eigenvalue weighted by Gasteiger charge is -2.34. The molecule has 0 bridgehead atoms. The van der Waals surface area contributed by atoms with Crippen LogP contribution in [0, 0.1) is 5.92 Å². The van der Waals surface area contributed by atoms with E-state index in [4.69, 9.17) is 18.5 Å². The summed E-state index contributed by atoms with van der Waals surface area (Å²) in [5.74, 6) is -0.303. The molecule has 9 heteroatoms. The van der Waals surface area contributed by atoms with E-state index in [1.54, 1.807) is 52.1 Å². The van der Waals surface area contributed by atoms with Crippen molar-refractivity contribution in [2.45, 2.75) is 50.8 Å². The largest absolute Gasteiger partial charge is 0.497 e. The molecule has 2 aromatic rings. The molecule has 2 aromatic carbocycles. The average molecular weight is 537 g/mol. The Hall–Kier alpha value is -2.12. The molecule has 36 heavy (non-hydrogen) atoms. The maximum atomic E-state index is 13.9. The number of hydrogen-bond donors (Lipinski definition) is 0. The van der Waals surface area contributed by atoms with E-state index in [-0.39, 0.29) is 31.5 Å². The number of methoxy groups -OCH3 is 1. The van der Waals surface area contributed by atoms with E-state index in [0.29, 0.717) is 11.3 Å². The van der Waals surface area contributed by atoms with Gasteiger partial charge < -0.3 is 18.5 Å². The zero-order valence-electron chi connectivity index (χ0n) is 21.8. The highest BCUT2D eigenvalue weighted by Crippen LogP contribution is 2.58. The number of rotatable bonds is 15. The van der Waals surface area contributed by atoms with Gasteiger partial charge in [-0.05, 0) is 56.5 Å². The molecule has 0 fully saturated rings. The molecule has 198 valence electrons. The first-order chi connectivity index (χ1) is 17.2. The van der Waals surface area contributed by atoms with Crippen LogP contribution in [-0.4, -0.2) is 49.6 Å². The maximum absolute atomic E-state index is 13.9. The highest BCUT2D eigenvalue weighted by Gasteiger charge is 2.50. The van der Waals surface area contributed by atoms with Crippen LogP contribution < -0.4 is 4.74 Å². The van der Waals surface area contributed by atoms with Crippen LogP contribution >= 0.6 is 19.4 Å². The summed E-state index contributed by atoms with van der Waals surface area (Å²) >= 11 is 1.29. The van der Waals surface area contributed by atoms with Crippen molar-refractivity contribution >= 4 is 31.1 Å². The molecule has 7 nitrogen and oxygen atoms in total. The minimum atomic E-state index is -3.91. The molecule has 0 amide bonds. The summed E-state index contributed by atoms with van der Waals surface area (Å²) in [5, 5.41) is -1.26. The van der Waals surface area contributed by atoms with Crippen LogP contribution in [-0.2, 0) is 23.1 Å². The fourth-order valence-electron chi connectivity index (χ4n) is 3.81.